The molecule has 1 aliphatic carbocycles. The van der Waals surface area contributed by atoms with E-state index in [1.807, 2.05) is 11.3 Å². The summed E-state index contributed by atoms with van der Waals surface area (Å²) >= 11 is 1.97. The number of aryl methyl sites for hydroxylation is 1. The van der Waals surface area contributed by atoms with Crippen molar-refractivity contribution in [1.82, 2.24) is 9.80 Å². The summed E-state index contributed by atoms with van der Waals surface area (Å²) in [5.74, 6) is 0. The Balaban J connectivity index is 1.80. The van der Waals surface area contributed by atoms with Crippen LogP contribution in [0.1, 0.15) is 53.6 Å². The zero-order chi connectivity index (χ0) is 14.1. The van der Waals surface area contributed by atoms with Crippen LogP contribution in [0.15, 0.2) is 6.07 Å². The summed E-state index contributed by atoms with van der Waals surface area (Å²) in [6.45, 7) is 7.02. The Morgan fingerprint density at radius 1 is 1.35 bits per heavy atom. The molecule has 3 rings (SSSR count). The van der Waals surface area contributed by atoms with Crippen LogP contribution in [0.4, 0.5) is 0 Å². The minimum atomic E-state index is 0.235. The fourth-order valence-corrected chi connectivity index (χ4v) is 4.80. The SMILES string of the molecule is CCC(N)c1cc2c(s1)CCCC2N1CCN(C)CC1. The molecule has 2 N–H and O–H groups in total. The quantitative estimate of drug-likeness (QED) is 0.930. The minimum Gasteiger partial charge on any atom is -0.323 e. The third kappa shape index (κ3) is 2.80. The van der Waals surface area contributed by atoms with E-state index in [-0.39, 0.29) is 6.04 Å². The highest BCUT2D eigenvalue weighted by Gasteiger charge is 2.30. The van der Waals surface area contributed by atoms with Crippen LogP contribution in [-0.2, 0) is 6.42 Å². The number of nitrogens with zero attached hydrogens (tertiary/aromatic N) is 2. The van der Waals surface area contributed by atoms with Crippen molar-refractivity contribution in [3.05, 3.63) is 21.4 Å². The van der Waals surface area contributed by atoms with E-state index in [0.29, 0.717) is 6.04 Å². The summed E-state index contributed by atoms with van der Waals surface area (Å²) < 4.78 is 0. The average molecular weight is 293 g/mol. The Labute approximate surface area is 126 Å². The molecule has 1 fully saturated rings. The molecule has 1 aliphatic heterocycles. The summed E-state index contributed by atoms with van der Waals surface area (Å²) in [6, 6.07) is 3.32. The summed E-state index contributed by atoms with van der Waals surface area (Å²) in [4.78, 5) is 8.15. The molecule has 0 spiro atoms. The molecule has 3 nitrogen and oxygen atoms in total. The van der Waals surface area contributed by atoms with Gasteiger partial charge in [-0.2, -0.15) is 0 Å². The molecule has 2 heterocycles. The van der Waals surface area contributed by atoms with Gasteiger partial charge in [-0.15, -0.1) is 11.3 Å². The highest BCUT2D eigenvalue weighted by molar-refractivity contribution is 7.12. The first-order valence-electron chi connectivity index (χ1n) is 7.99. The van der Waals surface area contributed by atoms with Gasteiger partial charge < -0.3 is 10.6 Å². The van der Waals surface area contributed by atoms with Crippen molar-refractivity contribution in [3.8, 4) is 0 Å². The van der Waals surface area contributed by atoms with E-state index < -0.39 is 0 Å². The lowest BCUT2D eigenvalue weighted by Crippen LogP contribution is -2.46. The largest absolute Gasteiger partial charge is 0.323 e. The summed E-state index contributed by atoms with van der Waals surface area (Å²) in [7, 11) is 2.23. The Kier molecular flexibility index (Phi) is 4.46. The molecule has 0 aromatic carbocycles. The molecular weight excluding hydrogens is 266 g/mol. The van der Waals surface area contributed by atoms with Gasteiger partial charge in [0.2, 0.25) is 0 Å². The molecule has 4 heteroatoms. The third-order valence-corrected chi connectivity index (χ3v) is 6.23. The molecular formula is C16H27N3S. The van der Waals surface area contributed by atoms with Crippen molar-refractivity contribution in [1.29, 1.82) is 0 Å². The van der Waals surface area contributed by atoms with Crippen molar-refractivity contribution < 1.29 is 0 Å². The van der Waals surface area contributed by atoms with Crippen LogP contribution in [0.25, 0.3) is 0 Å². The standard InChI is InChI=1S/C16H27N3S/c1-3-13(17)16-11-12-14(5-4-6-15(12)20-16)19-9-7-18(2)8-10-19/h11,13-14H,3-10,17H2,1-2H3. The van der Waals surface area contributed by atoms with Gasteiger partial charge in [0.1, 0.15) is 0 Å². The molecule has 1 aromatic heterocycles. The smallest absolute Gasteiger partial charge is 0.0387 e. The first-order chi connectivity index (χ1) is 9.69. The molecule has 1 aromatic rings. The Bertz CT molecular complexity index is 449. The van der Waals surface area contributed by atoms with E-state index in [0.717, 1.165) is 6.42 Å². The monoisotopic (exact) mass is 293 g/mol. The van der Waals surface area contributed by atoms with Gasteiger partial charge in [0.05, 0.1) is 0 Å². The van der Waals surface area contributed by atoms with Crippen molar-refractivity contribution in [3.63, 3.8) is 0 Å². The number of hydrogen-bond acceptors (Lipinski definition) is 4. The Morgan fingerprint density at radius 3 is 2.80 bits per heavy atom. The van der Waals surface area contributed by atoms with Gasteiger partial charge in [-0.05, 0) is 44.4 Å². The van der Waals surface area contributed by atoms with Gasteiger partial charge in [0.15, 0.2) is 0 Å². The van der Waals surface area contributed by atoms with Crippen LogP contribution in [-0.4, -0.2) is 43.0 Å². The molecule has 20 heavy (non-hydrogen) atoms. The average Bonchev–Trinajstić information content (AvgIpc) is 2.91. The minimum absolute atomic E-state index is 0.235. The maximum Gasteiger partial charge on any atom is 0.0387 e. The number of nitrogens with two attached hydrogens (primary N) is 1. The number of piperazine rings is 1. The zero-order valence-electron chi connectivity index (χ0n) is 12.8. The van der Waals surface area contributed by atoms with Crippen LogP contribution in [0.3, 0.4) is 0 Å². The maximum absolute atomic E-state index is 6.24. The fourth-order valence-electron chi connectivity index (χ4n) is 3.45. The predicted octanol–water partition coefficient (Wildman–Crippen LogP) is 2.78. The lowest BCUT2D eigenvalue weighted by molar-refractivity contribution is 0.103. The van der Waals surface area contributed by atoms with Crippen LogP contribution in [0, 0.1) is 0 Å². The molecule has 2 unspecified atom stereocenters. The van der Waals surface area contributed by atoms with Gasteiger partial charge >= 0.3 is 0 Å². The fraction of sp³-hybridized carbons (Fsp3) is 0.750. The van der Waals surface area contributed by atoms with Gasteiger partial charge in [0, 0.05) is 48.0 Å². The van der Waals surface area contributed by atoms with Crippen LogP contribution in [0.2, 0.25) is 0 Å². The van der Waals surface area contributed by atoms with Crippen molar-refractivity contribution >= 4 is 11.3 Å². The molecule has 112 valence electrons. The van der Waals surface area contributed by atoms with E-state index in [1.54, 1.807) is 10.4 Å². The maximum atomic E-state index is 6.24. The number of thiophene rings is 1. The van der Waals surface area contributed by atoms with Crippen molar-refractivity contribution in [2.75, 3.05) is 33.2 Å². The molecule has 2 atom stereocenters. The van der Waals surface area contributed by atoms with Gasteiger partial charge in [-0.3, -0.25) is 4.90 Å². The van der Waals surface area contributed by atoms with Crippen molar-refractivity contribution in [2.45, 2.75) is 44.7 Å². The highest BCUT2D eigenvalue weighted by Crippen LogP contribution is 2.40. The zero-order valence-corrected chi connectivity index (χ0v) is 13.6. The van der Waals surface area contributed by atoms with Gasteiger partial charge in [0.25, 0.3) is 0 Å². The van der Waals surface area contributed by atoms with E-state index in [4.69, 9.17) is 5.73 Å². The van der Waals surface area contributed by atoms with E-state index in [1.165, 1.54) is 50.3 Å². The summed E-state index contributed by atoms with van der Waals surface area (Å²) in [5.41, 5.74) is 7.84. The van der Waals surface area contributed by atoms with E-state index >= 15 is 0 Å². The molecule has 0 bridgehead atoms. The highest BCUT2D eigenvalue weighted by atomic mass is 32.1. The summed E-state index contributed by atoms with van der Waals surface area (Å²) in [5, 5.41) is 0. The predicted molar refractivity (Wildman–Crippen MR) is 86.3 cm³/mol. The second-order valence-corrected chi connectivity index (χ2v) is 7.46. The van der Waals surface area contributed by atoms with Crippen LogP contribution in [0.5, 0.6) is 0 Å². The van der Waals surface area contributed by atoms with E-state index in [2.05, 4.69) is 29.8 Å². The molecule has 1 saturated heterocycles. The normalized spacial score (nSPS) is 26.4. The first-order valence-corrected chi connectivity index (χ1v) is 8.81. The Morgan fingerprint density at radius 2 is 2.10 bits per heavy atom. The van der Waals surface area contributed by atoms with Crippen LogP contribution < -0.4 is 5.73 Å². The first kappa shape index (κ1) is 14.5. The third-order valence-electron chi connectivity index (χ3n) is 4.89. The molecule has 0 saturated carbocycles. The molecule has 0 radical (unpaired) electrons. The van der Waals surface area contributed by atoms with Gasteiger partial charge in [-0.1, -0.05) is 6.92 Å². The van der Waals surface area contributed by atoms with E-state index in [9.17, 15) is 0 Å². The number of hydrogen-bond donors (Lipinski definition) is 1. The van der Waals surface area contributed by atoms with Gasteiger partial charge in [-0.25, -0.2) is 0 Å². The summed E-state index contributed by atoms with van der Waals surface area (Å²) in [6.07, 6.45) is 4.97. The number of fused-ring (bicyclic) bond motifs is 1. The molecule has 0 amide bonds. The second kappa shape index (κ2) is 6.14. The topological polar surface area (TPSA) is 32.5 Å². The van der Waals surface area contributed by atoms with Crippen molar-refractivity contribution in [2.24, 2.45) is 5.73 Å². The van der Waals surface area contributed by atoms with Crippen LogP contribution >= 0.6 is 11.3 Å². The molecule has 2 aliphatic rings. The lowest BCUT2D eigenvalue weighted by atomic mass is 9.91. The lowest BCUT2D eigenvalue weighted by Gasteiger charge is -2.39. The number of likely N-dealkylation sites (N-methyl/N-ethyl adjacent to an activating group) is 1. The number of rotatable bonds is 3. The second-order valence-electron chi connectivity index (χ2n) is 6.29. The Hall–Kier alpha value is -0.420.